The minimum absolute atomic E-state index is 0.252. The van der Waals surface area contributed by atoms with Crippen molar-refractivity contribution in [2.45, 2.75) is 12.8 Å². The van der Waals surface area contributed by atoms with Gasteiger partial charge in [0.15, 0.2) is 0 Å². The van der Waals surface area contributed by atoms with Crippen LogP contribution in [-0.2, 0) is 11.2 Å². The summed E-state index contributed by atoms with van der Waals surface area (Å²) in [5.74, 6) is 0.381. The molecule has 6 nitrogen and oxygen atoms in total. The van der Waals surface area contributed by atoms with Crippen LogP contribution >= 0.6 is 11.3 Å². The molecule has 0 atom stereocenters. The number of nitrogens with zero attached hydrogens (tertiary/aromatic N) is 1. The first-order valence-corrected chi connectivity index (χ1v) is 8.29. The monoisotopic (exact) mass is 335 g/mol. The molecule has 0 aliphatic heterocycles. The van der Waals surface area contributed by atoms with E-state index in [-0.39, 0.29) is 5.91 Å². The first-order chi connectivity index (χ1) is 11.2. The number of hydrogen-bond donors (Lipinski definition) is 2. The summed E-state index contributed by atoms with van der Waals surface area (Å²) in [7, 11) is 1.65. The van der Waals surface area contributed by atoms with Crippen LogP contribution in [0.1, 0.15) is 21.9 Å². The van der Waals surface area contributed by atoms with Crippen molar-refractivity contribution in [3.63, 3.8) is 0 Å². The van der Waals surface area contributed by atoms with E-state index in [0.717, 1.165) is 11.4 Å². The van der Waals surface area contributed by atoms with Crippen LogP contribution in [0, 0.1) is 0 Å². The Kier molecular flexibility index (Phi) is 6.99. The van der Waals surface area contributed by atoms with Crippen LogP contribution in [0.3, 0.4) is 0 Å². The van der Waals surface area contributed by atoms with Gasteiger partial charge in [-0.1, -0.05) is 12.1 Å². The summed E-state index contributed by atoms with van der Waals surface area (Å²) in [6.07, 6.45) is 1.46. The molecule has 0 bridgehead atoms. The molecule has 1 amide bonds. The van der Waals surface area contributed by atoms with Gasteiger partial charge in [-0.2, -0.15) is 0 Å². The van der Waals surface area contributed by atoms with Crippen LogP contribution in [0.25, 0.3) is 0 Å². The Labute approximate surface area is 139 Å². The number of hydrogen-bond acceptors (Lipinski definition) is 6. The van der Waals surface area contributed by atoms with Crippen LogP contribution < -0.4 is 15.8 Å². The summed E-state index contributed by atoms with van der Waals surface area (Å²) in [6, 6.07) is 7.34. The number of thiazole rings is 1. The second-order valence-electron chi connectivity index (χ2n) is 4.81. The Balaban J connectivity index is 1.99. The molecule has 0 spiro atoms. The molecule has 0 saturated heterocycles. The van der Waals surface area contributed by atoms with Crippen molar-refractivity contribution >= 4 is 22.9 Å². The fourth-order valence-electron chi connectivity index (χ4n) is 1.92. The fraction of sp³-hybridized carbons (Fsp3) is 0.375. The zero-order chi connectivity index (χ0) is 16.5. The van der Waals surface area contributed by atoms with E-state index in [0.29, 0.717) is 43.3 Å². The Hall–Kier alpha value is -1.96. The van der Waals surface area contributed by atoms with Gasteiger partial charge in [0, 0.05) is 31.9 Å². The first-order valence-electron chi connectivity index (χ1n) is 7.41. The van der Waals surface area contributed by atoms with Gasteiger partial charge in [-0.15, -0.1) is 11.3 Å². The van der Waals surface area contributed by atoms with Crippen LogP contribution in [0.2, 0.25) is 0 Å². The summed E-state index contributed by atoms with van der Waals surface area (Å²) in [6.45, 7) is 1.68. The highest BCUT2D eigenvalue weighted by Gasteiger charge is 2.13. The third kappa shape index (κ3) is 5.31. The molecule has 1 aromatic carbocycles. The number of anilines is 1. The minimum Gasteiger partial charge on any atom is -0.491 e. The zero-order valence-corrected chi connectivity index (χ0v) is 13.9. The van der Waals surface area contributed by atoms with Crippen molar-refractivity contribution < 1.29 is 14.3 Å². The second-order valence-corrected chi connectivity index (χ2v) is 5.75. The normalized spacial score (nSPS) is 10.5. The van der Waals surface area contributed by atoms with Gasteiger partial charge in [-0.05, 0) is 18.7 Å². The molecular weight excluding hydrogens is 314 g/mol. The molecule has 23 heavy (non-hydrogen) atoms. The maximum Gasteiger partial charge on any atom is 0.275 e. The van der Waals surface area contributed by atoms with Gasteiger partial charge in [0.25, 0.3) is 5.91 Å². The van der Waals surface area contributed by atoms with Gasteiger partial charge in [0.1, 0.15) is 11.4 Å². The lowest BCUT2D eigenvalue weighted by molar-refractivity contribution is 0.102. The van der Waals surface area contributed by atoms with Crippen LogP contribution in [0.15, 0.2) is 29.6 Å². The zero-order valence-electron chi connectivity index (χ0n) is 13.1. The van der Waals surface area contributed by atoms with Gasteiger partial charge < -0.3 is 20.5 Å². The van der Waals surface area contributed by atoms with Crippen LogP contribution in [0.4, 0.5) is 5.69 Å². The molecule has 1 heterocycles. The summed E-state index contributed by atoms with van der Waals surface area (Å²) < 4.78 is 10.7. The predicted octanol–water partition coefficient (Wildman–Crippen LogP) is 2.31. The maximum absolute atomic E-state index is 12.3. The number of rotatable bonds is 9. The smallest absolute Gasteiger partial charge is 0.275 e. The highest BCUT2D eigenvalue weighted by Crippen LogP contribution is 2.24. The topological polar surface area (TPSA) is 86.5 Å². The largest absolute Gasteiger partial charge is 0.491 e. The van der Waals surface area contributed by atoms with E-state index in [2.05, 4.69) is 10.3 Å². The first kappa shape index (κ1) is 17.4. The molecule has 0 saturated carbocycles. The van der Waals surface area contributed by atoms with Gasteiger partial charge in [0.2, 0.25) is 0 Å². The van der Waals surface area contributed by atoms with E-state index >= 15 is 0 Å². The maximum atomic E-state index is 12.3. The van der Waals surface area contributed by atoms with Gasteiger partial charge in [-0.3, -0.25) is 4.79 Å². The number of nitrogens with one attached hydrogen (secondary N) is 1. The van der Waals surface area contributed by atoms with Crippen LogP contribution in [0.5, 0.6) is 5.75 Å². The van der Waals surface area contributed by atoms with E-state index in [1.54, 1.807) is 18.6 Å². The van der Waals surface area contributed by atoms with Crippen molar-refractivity contribution in [3.8, 4) is 5.75 Å². The molecule has 0 aliphatic rings. The summed E-state index contributed by atoms with van der Waals surface area (Å²) in [4.78, 5) is 16.6. The lowest BCUT2D eigenvalue weighted by Crippen LogP contribution is -2.14. The van der Waals surface area contributed by atoms with Crippen molar-refractivity contribution in [1.29, 1.82) is 0 Å². The minimum atomic E-state index is -0.252. The van der Waals surface area contributed by atoms with E-state index < -0.39 is 0 Å². The fourth-order valence-corrected chi connectivity index (χ4v) is 2.72. The third-order valence-electron chi connectivity index (χ3n) is 3.03. The number of aromatic nitrogens is 1. The highest BCUT2D eigenvalue weighted by atomic mass is 32.1. The van der Waals surface area contributed by atoms with Crippen molar-refractivity contribution in [2.75, 3.05) is 32.2 Å². The standard InChI is InChI=1S/C16H21N3O3S/c1-21-9-4-10-22-14-6-3-2-5-12(14)19-16(20)13-11-23-15(18-13)7-8-17/h2-3,5-6,11H,4,7-10,17H2,1H3,(H,19,20). The number of ether oxygens (including phenoxy) is 2. The number of methoxy groups -OCH3 is 1. The predicted molar refractivity (Wildman–Crippen MR) is 91.3 cm³/mol. The number of carbonyl (C=O) groups is 1. The van der Waals surface area contributed by atoms with Crippen LogP contribution in [-0.4, -0.2) is 37.8 Å². The third-order valence-corrected chi connectivity index (χ3v) is 3.94. The average molecular weight is 335 g/mol. The van der Waals surface area contributed by atoms with E-state index in [1.807, 2.05) is 18.2 Å². The Morgan fingerprint density at radius 3 is 2.96 bits per heavy atom. The molecule has 0 aliphatic carbocycles. The van der Waals surface area contributed by atoms with E-state index in [1.165, 1.54) is 11.3 Å². The highest BCUT2D eigenvalue weighted by molar-refractivity contribution is 7.09. The Morgan fingerprint density at radius 1 is 1.35 bits per heavy atom. The van der Waals surface area contributed by atoms with E-state index in [4.69, 9.17) is 15.2 Å². The molecule has 0 fully saturated rings. The Morgan fingerprint density at radius 2 is 2.17 bits per heavy atom. The van der Waals surface area contributed by atoms with Gasteiger partial charge in [0.05, 0.1) is 17.3 Å². The number of benzene rings is 1. The molecule has 7 heteroatoms. The molecule has 2 rings (SSSR count). The van der Waals surface area contributed by atoms with E-state index in [9.17, 15) is 4.79 Å². The lowest BCUT2D eigenvalue weighted by atomic mass is 10.3. The number of para-hydroxylation sites is 2. The summed E-state index contributed by atoms with van der Waals surface area (Å²) in [5.41, 5.74) is 6.52. The number of carbonyl (C=O) groups excluding carboxylic acids is 1. The SMILES string of the molecule is COCCCOc1ccccc1NC(=O)c1csc(CCN)n1. The number of amides is 1. The molecule has 0 unspecified atom stereocenters. The second kappa shape index (κ2) is 9.24. The average Bonchev–Trinajstić information content (AvgIpc) is 3.02. The van der Waals surface area contributed by atoms with Crippen molar-refractivity contribution in [1.82, 2.24) is 4.98 Å². The molecule has 3 N–H and O–H groups in total. The number of nitrogens with two attached hydrogens (primary N) is 1. The Bertz CT molecular complexity index is 631. The van der Waals surface area contributed by atoms with Crippen molar-refractivity contribution in [2.24, 2.45) is 5.73 Å². The molecule has 0 radical (unpaired) electrons. The summed E-state index contributed by atoms with van der Waals surface area (Å²) in [5, 5.41) is 5.44. The molecule has 1 aromatic heterocycles. The van der Waals surface area contributed by atoms with Gasteiger partial charge in [-0.25, -0.2) is 4.98 Å². The molecular formula is C16H21N3O3S. The van der Waals surface area contributed by atoms with Gasteiger partial charge >= 0.3 is 0 Å². The van der Waals surface area contributed by atoms with Crippen molar-refractivity contribution in [3.05, 3.63) is 40.3 Å². The quantitative estimate of drug-likeness (QED) is 0.687. The summed E-state index contributed by atoms with van der Waals surface area (Å²) >= 11 is 1.44. The lowest BCUT2D eigenvalue weighted by Gasteiger charge is -2.11. The molecule has 2 aromatic rings. The molecule has 124 valence electrons.